The summed E-state index contributed by atoms with van der Waals surface area (Å²) in [5, 5.41) is 0. The first-order valence-electron chi connectivity index (χ1n) is 10.8. The molecule has 4 atom stereocenters. The number of hydrogen-bond acceptors (Lipinski definition) is 4. The van der Waals surface area contributed by atoms with E-state index in [1.807, 2.05) is 0 Å². The number of nitrogens with zero attached hydrogens (tertiary/aromatic N) is 1. The van der Waals surface area contributed by atoms with E-state index in [2.05, 4.69) is 4.72 Å². The quantitative estimate of drug-likeness (QED) is 0.659. The number of likely N-dealkylation sites (tertiary alicyclic amines) is 1. The van der Waals surface area contributed by atoms with Gasteiger partial charge < -0.3 is 9.64 Å². The zero-order valence-electron chi connectivity index (χ0n) is 18.0. The van der Waals surface area contributed by atoms with Gasteiger partial charge in [-0.05, 0) is 25.0 Å². The molecule has 1 amide bonds. The maximum Gasteiger partial charge on any atom is 0.252 e. The number of alkyl halides is 1. The largest absolute Gasteiger partial charge is 0.368 e. The highest BCUT2D eigenvalue weighted by Gasteiger charge is 2.48. The number of amides is 1. The van der Waals surface area contributed by atoms with Gasteiger partial charge in [0.1, 0.15) is 23.9 Å². The fourth-order valence-corrected chi connectivity index (χ4v) is 5.16. The van der Waals surface area contributed by atoms with Crippen molar-refractivity contribution < 1.29 is 31.1 Å². The van der Waals surface area contributed by atoms with Crippen LogP contribution in [0.3, 0.4) is 0 Å². The van der Waals surface area contributed by atoms with E-state index < -0.39 is 51.9 Å². The van der Waals surface area contributed by atoms with Gasteiger partial charge in [0.15, 0.2) is 0 Å². The van der Waals surface area contributed by atoms with Gasteiger partial charge in [-0.1, -0.05) is 36.4 Å². The van der Waals surface area contributed by atoms with E-state index in [4.69, 9.17) is 4.74 Å². The molecule has 2 aliphatic rings. The van der Waals surface area contributed by atoms with Crippen molar-refractivity contribution in [3.05, 3.63) is 59.7 Å². The molecule has 2 saturated heterocycles. The van der Waals surface area contributed by atoms with Crippen LogP contribution in [0.4, 0.5) is 13.2 Å². The molecule has 0 spiro atoms. The van der Waals surface area contributed by atoms with Gasteiger partial charge in [-0.2, -0.15) is 0 Å². The van der Waals surface area contributed by atoms with E-state index in [1.54, 1.807) is 12.1 Å². The van der Waals surface area contributed by atoms with Crippen LogP contribution in [0, 0.1) is 11.6 Å². The molecule has 0 aliphatic carbocycles. The van der Waals surface area contributed by atoms with Gasteiger partial charge in [-0.3, -0.25) is 4.79 Å². The summed E-state index contributed by atoms with van der Waals surface area (Å²) in [5.74, 6) is -2.00. The maximum atomic E-state index is 15.5. The Morgan fingerprint density at radius 2 is 1.85 bits per heavy atom. The Morgan fingerprint density at radius 1 is 1.15 bits per heavy atom. The van der Waals surface area contributed by atoms with E-state index in [-0.39, 0.29) is 35.4 Å². The highest BCUT2D eigenvalue weighted by Crippen LogP contribution is 2.32. The van der Waals surface area contributed by atoms with Crippen molar-refractivity contribution in [3.8, 4) is 11.1 Å². The SMILES string of the molecule is CCS(=O)(=O)N[C@H]1[C@H](F)CN(C(=O)[C@H]2CCO2)[C@@H]1Cc1cccc(-c2ccccc2F)c1F. The topological polar surface area (TPSA) is 75.7 Å². The smallest absolute Gasteiger partial charge is 0.252 e. The number of benzene rings is 2. The van der Waals surface area contributed by atoms with Crippen molar-refractivity contribution >= 4 is 15.9 Å². The number of ether oxygens (including phenoxy) is 1. The summed E-state index contributed by atoms with van der Waals surface area (Å²) < 4.78 is 76.7. The normalized spacial score (nSPS) is 25.2. The second-order valence-corrected chi connectivity index (χ2v) is 10.3. The van der Waals surface area contributed by atoms with E-state index >= 15 is 4.39 Å². The molecule has 0 bridgehead atoms. The van der Waals surface area contributed by atoms with Gasteiger partial charge in [-0.25, -0.2) is 26.3 Å². The third kappa shape index (κ3) is 4.78. The highest BCUT2D eigenvalue weighted by atomic mass is 32.2. The first-order valence-corrected chi connectivity index (χ1v) is 12.5. The standard InChI is InChI=1S/C23H25F3N2O4S/c1-2-33(30,31)27-22-18(25)13-28(23(29)20-10-11-32-20)19(22)12-14-6-5-8-16(21(14)26)15-7-3-4-9-17(15)24/h3-9,18-20,22,27H,2,10-13H2,1H3/t18-,19-,20-,22+/m1/s1. The summed E-state index contributed by atoms with van der Waals surface area (Å²) in [7, 11) is -3.79. The molecule has 0 radical (unpaired) electrons. The van der Waals surface area contributed by atoms with Crippen LogP contribution in [-0.2, 0) is 26.0 Å². The van der Waals surface area contributed by atoms with Crippen LogP contribution in [0.5, 0.6) is 0 Å². The molecular weight excluding hydrogens is 457 g/mol. The van der Waals surface area contributed by atoms with Crippen LogP contribution in [0.2, 0.25) is 0 Å². The molecule has 33 heavy (non-hydrogen) atoms. The molecule has 6 nitrogen and oxygen atoms in total. The highest BCUT2D eigenvalue weighted by molar-refractivity contribution is 7.89. The number of hydrogen-bond donors (Lipinski definition) is 1. The van der Waals surface area contributed by atoms with Gasteiger partial charge in [0, 0.05) is 17.5 Å². The van der Waals surface area contributed by atoms with Crippen molar-refractivity contribution in [2.75, 3.05) is 18.9 Å². The second-order valence-electron chi connectivity index (χ2n) is 8.23. The summed E-state index contributed by atoms with van der Waals surface area (Å²) in [6.45, 7) is 1.51. The number of halogens is 3. The Bertz CT molecular complexity index is 1140. The zero-order chi connectivity index (χ0) is 23.8. The van der Waals surface area contributed by atoms with Gasteiger partial charge in [-0.15, -0.1) is 0 Å². The number of rotatable bonds is 7. The van der Waals surface area contributed by atoms with Gasteiger partial charge in [0.05, 0.1) is 31.0 Å². The lowest BCUT2D eigenvalue weighted by molar-refractivity contribution is -0.157. The van der Waals surface area contributed by atoms with E-state index in [0.29, 0.717) is 13.0 Å². The first-order chi connectivity index (χ1) is 15.7. The second kappa shape index (κ2) is 9.44. The molecule has 2 fully saturated rings. The van der Waals surface area contributed by atoms with Crippen molar-refractivity contribution in [2.45, 2.75) is 44.1 Å². The van der Waals surface area contributed by atoms with E-state index in [1.165, 1.54) is 42.2 Å². The van der Waals surface area contributed by atoms with Crippen molar-refractivity contribution in [3.63, 3.8) is 0 Å². The van der Waals surface area contributed by atoms with Crippen molar-refractivity contribution in [1.82, 2.24) is 9.62 Å². The van der Waals surface area contributed by atoms with Crippen LogP contribution < -0.4 is 4.72 Å². The fourth-order valence-electron chi connectivity index (χ4n) is 4.27. The summed E-state index contributed by atoms with van der Waals surface area (Å²) in [6.07, 6.45) is -2.04. The maximum absolute atomic E-state index is 15.5. The number of carbonyl (C=O) groups excluding carboxylic acids is 1. The fraction of sp³-hybridized carbons (Fsp3) is 0.435. The minimum Gasteiger partial charge on any atom is -0.368 e. The van der Waals surface area contributed by atoms with Crippen LogP contribution in [-0.4, -0.2) is 62.5 Å². The van der Waals surface area contributed by atoms with Crippen molar-refractivity contribution in [2.24, 2.45) is 0 Å². The zero-order valence-corrected chi connectivity index (χ0v) is 18.8. The molecule has 10 heteroatoms. The molecule has 4 rings (SSSR count). The summed E-state index contributed by atoms with van der Waals surface area (Å²) in [6, 6.07) is 8.01. The molecule has 2 heterocycles. The third-order valence-electron chi connectivity index (χ3n) is 6.20. The predicted octanol–water partition coefficient (Wildman–Crippen LogP) is 2.82. The minimum atomic E-state index is -3.79. The Balaban J connectivity index is 1.69. The van der Waals surface area contributed by atoms with E-state index in [0.717, 1.165) is 0 Å². The number of sulfonamides is 1. The molecule has 2 aliphatic heterocycles. The lowest BCUT2D eigenvalue weighted by Crippen LogP contribution is -2.53. The van der Waals surface area contributed by atoms with Crippen LogP contribution >= 0.6 is 0 Å². The average molecular weight is 483 g/mol. The predicted molar refractivity (Wildman–Crippen MR) is 117 cm³/mol. The van der Waals surface area contributed by atoms with Gasteiger partial charge in [0.2, 0.25) is 10.0 Å². The minimum absolute atomic E-state index is 0.0336. The molecule has 1 N–H and O–H groups in total. The van der Waals surface area contributed by atoms with Crippen LogP contribution in [0.1, 0.15) is 18.9 Å². The Kier molecular flexibility index (Phi) is 6.78. The van der Waals surface area contributed by atoms with Crippen LogP contribution in [0.15, 0.2) is 42.5 Å². The molecule has 0 unspecified atom stereocenters. The molecule has 0 saturated carbocycles. The third-order valence-corrected chi connectivity index (χ3v) is 7.59. The molecule has 2 aromatic carbocycles. The molecule has 2 aromatic rings. The average Bonchev–Trinajstić information content (AvgIpc) is 3.04. The molecule has 0 aromatic heterocycles. The Labute approximate surface area is 190 Å². The van der Waals surface area contributed by atoms with Gasteiger partial charge in [0.25, 0.3) is 5.91 Å². The van der Waals surface area contributed by atoms with Crippen LogP contribution in [0.25, 0.3) is 11.1 Å². The Morgan fingerprint density at radius 3 is 2.48 bits per heavy atom. The lowest BCUT2D eigenvalue weighted by atomic mass is 9.95. The monoisotopic (exact) mass is 482 g/mol. The summed E-state index contributed by atoms with van der Waals surface area (Å²) in [4.78, 5) is 14.1. The molecule has 178 valence electrons. The summed E-state index contributed by atoms with van der Waals surface area (Å²) in [5.41, 5.74) is 0.236. The Hall–Kier alpha value is -2.43. The number of nitrogens with one attached hydrogen (secondary N) is 1. The molecular formula is C23H25F3N2O4S. The number of carbonyl (C=O) groups is 1. The lowest BCUT2D eigenvalue weighted by Gasteiger charge is -2.34. The van der Waals surface area contributed by atoms with E-state index in [9.17, 15) is 22.0 Å². The summed E-state index contributed by atoms with van der Waals surface area (Å²) >= 11 is 0. The van der Waals surface area contributed by atoms with Crippen molar-refractivity contribution in [1.29, 1.82) is 0 Å². The first kappa shape index (κ1) is 23.7. The van der Waals surface area contributed by atoms with Gasteiger partial charge >= 0.3 is 0 Å².